The fourth-order valence-corrected chi connectivity index (χ4v) is 2.67. The second kappa shape index (κ2) is 4.92. The maximum absolute atomic E-state index is 12.6. The van der Waals surface area contributed by atoms with Crippen LogP contribution in [0.15, 0.2) is 42.7 Å². The van der Waals surface area contributed by atoms with E-state index >= 15 is 0 Å². The Morgan fingerprint density at radius 2 is 1.85 bits per heavy atom. The summed E-state index contributed by atoms with van der Waals surface area (Å²) in [7, 11) is 0. The number of imidazole rings is 1. The number of carboxylic acids is 1. The predicted octanol–water partition coefficient (Wildman–Crippen LogP) is 2.34. The van der Waals surface area contributed by atoms with Crippen LogP contribution in [0.1, 0.15) is 17.6 Å². The van der Waals surface area contributed by atoms with Crippen molar-refractivity contribution in [3.8, 4) is 0 Å². The number of hydrogen-bond acceptors (Lipinski definition) is 3. The molecule has 0 aliphatic heterocycles. The number of rotatable bonds is 2. The normalized spacial score (nSPS) is 22.0. The molecule has 0 radical (unpaired) electrons. The lowest BCUT2D eigenvalue weighted by Gasteiger charge is -2.24. The van der Waals surface area contributed by atoms with Crippen LogP contribution < -0.4 is 0 Å². The third-order valence-corrected chi connectivity index (χ3v) is 3.76. The van der Waals surface area contributed by atoms with E-state index in [1.54, 1.807) is 0 Å². The van der Waals surface area contributed by atoms with Crippen LogP contribution in [0, 0.1) is 11.8 Å². The maximum Gasteiger partial charge on any atom is 0.307 e. The highest BCUT2D eigenvalue weighted by molar-refractivity contribution is 5.93. The number of aromatic nitrogens is 2. The summed E-state index contributed by atoms with van der Waals surface area (Å²) < 4.78 is 1.47. The van der Waals surface area contributed by atoms with Gasteiger partial charge in [0.25, 0.3) is 0 Å². The van der Waals surface area contributed by atoms with Gasteiger partial charge in [0.1, 0.15) is 6.33 Å². The van der Waals surface area contributed by atoms with E-state index in [2.05, 4.69) is 4.98 Å². The van der Waals surface area contributed by atoms with Gasteiger partial charge in [-0.25, -0.2) is 4.98 Å². The Morgan fingerprint density at radius 1 is 1.15 bits per heavy atom. The lowest BCUT2D eigenvalue weighted by Crippen LogP contribution is -2.33. The molecule has 0 saturated heterocycles. The summed E-state index contributed by atoms with van der Waals surface area (Å²) in [5.41, 5.74) is 1.45. The number of carbonyl (C=O) groups is 2. The SMILES string of the molecule is O=C(O)C1CC=CCC1C(=O)n1cnc2ccccc21. The number of aliphatic carboxylic acids is 1. The molecule has 1 N–H and O–H groups in total. The molecule has 0 spiro atoms. The molecule has 0 saturated carbocycles. The molecule has 1 heterocycles. The summed E-state index contributed by atoms with van der Waals surface area (Å²) in [6.45, 7) is 0. The van der Waals surface area contributed by atoms with E-state index < -0.39 is 17.8 Å². The maximum atomic E-state index is 12.6. The van der Waals surface area contributed by atoms with Gasteiger partial charge in [-0.05, 0) is 25.0 Å². The van der Waals surface area contributed by atoms with Crippen molar-refractivity contribution < 1.29 is 14.7 Å². The molecule has 1 aromatic carbocycles. The molecule has 102 valence electrons. The van der Waals surface area contributed by atoms with Crippen LogP contribution in [-0.4, -0.2) is 26.5 Å². The minimum absolute atomic E-state index is 0.199. The first-order chi connectivity index (χ1) is 9.68. The van der Waals surface area contributed by atoms with Gasteiger partial charge >= 0.3 is 5.97 Å². The Morgan fingerprint density at radius 3 is 2.60 bits per heavy atom. The molecule has 2 aromatic rings. The minimum Gasteiger partial charge on any atom is -0.481 e. The Hall–Kier alpha value is -2.43. The van der Waals surface area contributed by atoms with Crippen molar-refractivity contribution in [2.45, 2.75) is 12.8 Å². The van der Waals surface area contributed by atoms with E-state index in [1.807, 2.05) is 36.4 Å². The number of benzene rings is 1. The summed E-state index contributed by atoms with van der Waals surface area (Å²) >= 11 is 0. The summed E-state index contributed by atoms with van der Waals surface area (Å²) in [5, 5.41) is 9.26. The number of hydrogen-bond donors (Lipinski definition) is 1. The van der Waals surface area contributed by atoms with Gasteiger partial charge < -0.3 is 5.11 Å². The van der Waals surface area contributed by atoms with Gasteiger partial charge in [-0.3, -0.25) is 14.2 Å². The van der Waals surface area contributed by atoms with Gasteiger partial charge in [-0.2, -0.15) is 0 Å². The third-order valence-electron chi connectivity index (χ3n) is 3.76. The van der Waals surface area contributed by atoms with Crippen molar-refractivity contribution in [3.05, 3.63) is 42.7 Å². The molecule has 2 atom stereocenters. The zero-order valence-electron chi connectivity index (χ0n) is 10.8. The zero-order chi connectivity index (χ0) is 14.1. The Kier molecular flexibility index (Phi) is 3.10. The second-order valence-electron chi connectivity index (χ2n) is 4.94. The average Bonchev–Trinajstić information content (AvgIpc) is 2.90. The van der Waals surface area contributed by atoms with Crippen LogP contribution in [0.25, 0.3) is 11.0 Å². The van der Waals surface area contributed by atoms with E-state index in [1.165, 1.54) is 10.9 Å². The molecule has 1 aliphatic rings. The summed E-state index contributed by atoms with van der Waals surface area (Å²) in [6.07, 6.45) is 6.04. The molecule has 0 amide bonds. The second-order valence-corrected chi connectivity index (χ2v) is 4.94. The highest BCUT2D eigenvalue weighted by atomic mass is 16.4. The van der Waals surface area contributed by atoms with Crippen LogP contribution >= 0.6 is 0 Å². The Balaban J connectivity index is 1.99. The van der Waals surface area contributed by atoms with Crippen molar-refractivity contribution in [2.24, 2.45) is 11.8 Å². The Bertz CT molecular complexity index is 702. The molecule has 1 aromatic heterocycles. The molecular weight excluding hydrogens is 256 g/mol. The van der Waals surface area contributed by atoms with E-state index in [4.69, 9.17) is 0 Å². The van der Waals surface area contributed by atoms with Crippen LogP contribution in [0.2, 0.25) is 0 Å². The first-order valence-corrected chi connectivity index (χ1v) is 6.52. The van der Waals surface area contributed by atoms with Crippen molar-refractivity contribution in [1.82, 2.24) is 9.55 Å². The van der Waals surface area contributed by atoms with Crippen molar-refractivity contribution in [2.75, 3.05) is 0 Å². The van der Waals surface area contributed by atoms with Gasteiger partial charge in [-0.15, -0.1) is 0 Å². The van der Waals surface area contributed by atoms with Crippen molar-refractivity contribution in [1.29, 1.82) is 0 Å². The fourth-order valence-electron chi connectivity index (χ4n) is 2.67. The average molecular weight is 270 g/mol. The molecule has 0 bridgehead atoms. The van der Waals surface area contributed by atoms with E-state index in [0.29, 0.717) is 12.8 Å². The molecule has 1 aliphatic carbocycles. The van der Waals surface area contributed by atoms with E-state index in [0.717, 1.165) is 11.0 Å². The van der Waals surface area contributed by atoms with Gasteiger partial charge in [0.15, 0.2) is 0 Å². The summed E-state index contributed by atoms with van der Waals surface area (Å²) in [6, 6.07) is 7.33. The number of para-hydroxylation sites is 2. The molecule has 5 nitrogen and oxygen atoms in total. The number of fused-ring (bicyclic) bond motifs is 1. The monoisotopic (exact) mass is 270 g/mol. The van der Waals surface area contributed by atoms with E-state index in [9.17, 15) is 14.7 Å². The molecule has 0 fully saturated rings. The third kappa shape index (κ3) is 2.01. The fraction of sp³-hybridized carbons (Fsp3) is 0.267. The highest BCUT2D eigenvalue weighted by Crippen LogP contribution is 2.28. The topological polar surface area (TPSA) is 72.2 Å². The van der Waals surface area contributed by atoms with Gasteiger partial charge in [0.2, 0.25) is 5.91 Å². The quantitative estimate of drug-likeness (QED) is 0.850. The van der Waals surface area contributed by atoms with Gasteiger partial charge in [0.05, 0.1) is 22.9 Å². The lowest BCUT2D eigenvalue weighted by atomic mass is 9.82. The lowest BCUT2D eigenvalue weighted by molar-refractivity contribution is -0.143. The minimum atomic E-state index is -0.919. The molecule has 2 unspecified atom stereocenters. The molecule has 5 heteroatoms. The first kappa shape index (κ1) is 12.6. The number of allylic oxidation sites excluding steroid dienone is 2. The summed E-state index contributed by atoms with van der Waals surface area (Å²) in [5.74, 6) is -2.31. The number of nitrogens with zero attached hydrogens (tertiary/aromatic N) is 2. The number of carboxylic acid groups (broad SMARTS) is 1. The molecular formula is C15H14N2O3. The molecule has 20 heavy (non-hydrogen) atoms. The van der Waals surface area contributed by atoms with Gasteiger partial charge in [0, 0.05) is 0 Å². The largest absolute Gasteiger partial charge is 0.481 e. The zero-order valence-corrected chi connectivity index (χ0v) is 10.8. The predicted molar refractivity (Wildman–Crippen MR) is 73.3 cm³/mol. The standard InChI is InChI=1S/C15H14N2O3/c18-14(10-5-1-2-6-11(10)15(19)20)17-9-16-12-7-3-4-8-13(12)17/h1-4,7-11H,5-6H2,(H,19,20). The first-order valence-electron chi connectivity index (χ1n) is 6.52. The van der Waals surface area contributed by atoms with Crippen LogP contribution in [0.4, 0.5) is 0 Å². The highest BCUT2D eigenvalue weighted by Gasteiger charge is 2.35. The smallest absolute Gasteiger partial charge is 0.307 e. The van der Waals surface area contributed by atoms with Gasteiger partial charge in [-0.1, -0.05) is 24.3 Å². The van der Waals surface area contributed by atoms with Crippen LogP contribution in [-0.2, 0) is 4.79 Å². The molecule has 3 rings (SSSR count). The number of carbonyl (C=O) groups excluding carboxylic acids is 1. The van der Waals surface area contributed by atoms with Crippen molar-refractivity contribution in [3.63, 3.8) is 0 Å². The summed E-state index contributed by atoms with van der Waals surface area (Å²) in [4.78, 5) is 28.1. The Labute approximate surface area is 115 Å². The van der Waals surface area contributed by atoms with Crippen molar-refractivity contribution >= 4 is 22.9 Å². The van der Waals surface area contributed by atoms with Crippen LogP contribution in [0.3, 0.4) is 0 Å². The van der Waals surface area contributed by atoms with Crippen LogP contribution in [0.5, 0.6) is 0 Å². The van der Waals surface area contributed by atoms with E-state index in [-0.39, 0.29) is 5.91 Å².